The van der Waals surface area contributed by atoms with Gasteiger partial charge in [-0.1, -0.05) is 13.0 Å². The number of hydrogen-bond donors (Lipinski definition) is 0. The fourth-order valence-corrected chi connectivity index (χ4v) is 3.93. The molecule has 0 unspecified atom stereocenters. The van der Waals surface area contributed by atoms with E-state index in [-0.39, 0.29) is 17.6 Å². The molecule has 0 aromatic carbocycles. The van der Waals surface area contributed by atoms with Gasteiger partial charge in [0.05, 0.1) is 31.5 Å². The predicted octanol–water partition coefficient (Wildman–Crippen LogP) is 2.32. The Labute approximate surface area is 143 Å². The highest BCUT2D eigenvalue weighted by Gasteiger charge is 2.53. The zero-order chi connectivity index (χ0) is 16.7. The molecule has 130 valence electrons. The fourth-order valence-electron chi connectivity index (χ4n) is 3.93. The minimum atomic E-state index is -0.170. The van der Waals surface area contributed by atoms with Crippen molar-refractivity contribution in [1.29, 1.82) is 0 Å². The molecule has 1 spiro atoms. The molecule has 2 saturated heterocycles. The maximum atomic E-state index is 12.3. The first-order valence-electron chi connectivity index (χ1n) is 9.02. The summed E-state index contributed by atoms with van der Waals surface area (Å²) in [6.07, 6.45) is 3.04. The molecular formula is C19H26N2O3. The van der Waals surface area contributed by atoms with E-state index in [0.29, 0.717) is 25.0 Å². The number of aryl methyl sites for hydroxylation is 1. The van der Waals surface area contributed by atoms with E-state index in [4.69, 9.17) is 9.47 Å². The van der Waals surface area contributed by atoms with E-state index in [1.807, 2.05) is 30.0 Å². The van der Waals surface area contributed by atoms with Crippen LogP contribution < -0.4 is 0 Å². The number of carbonyl (C=O) groups excluding carboxylic acids is 1. The lowest BCUT2D eigenvalue weighted by atomic mass is 9.84. The fraction of sp³-hybridized carbons (Fsp3) is 0.684. The number of rotatable bonds is 4. The number of pyridine rings is 1. The molecule has 5 heteroatoms. The number of carbonyl (C=O) groups is 1. The first kappa shape index (κ1) is 16.0. The van der Waals surface area contributed by atoms with E-state index in [0.717, 1.165) is 43.7 Å². The average molecular weight is 330 g/mol. The second kappa shape index (κ2) is 6.12. The zero-order valence-corrected chi connectivity index (χ0v) is 14.5. The number of ether oxygens (including phenoxy) is 2. The SMILES string of the molecule is Cc1cccc(CO[C@@H]2CCOC3(C2)CN(C(=O)[C@@H]2C[C@@H]2C)C3)n1. The van der Waals surface area contributed by atoms with Crippen LogP contribution in [0.5, 0.6) is 0 Å². The largest absolute Gasteiger partial charge is 0.372 e. The number of hydrogen-bond acceptors (Lipinski definition) is 4. The topological polar surface area (TPSA) is 51.7 Å². The standard InChI is InChI=1S/C19H26N2O3/c1-13-8-17(13)18(22)21-11-19(12-21)9-16(6-7-24-19)23-10-15-5-3-4-14(2)20-15/h3-5,13,16-17H,6-12H2,1-2H3/t13-,16+,17+/m0/s1. The van der Waals surface area contributed by atoms with E-state index >= 15 is 0 Å². The molecule has 1 saturated carbocycles. The van der Waals surface area contributed by atoms with Crippen LogP contribution in [-0.4, -0.2) is 47.2 Å². The normalized spacial score (nSPS) is 30.9. The molecule has 1 aromatic rings. The van der Waals surface area contributed by atoms with Gasteiger partial charge in [-0.25, -0.2) is 0 Å². The first-order chi connectivity index (χ1) is 11.5. The number of amides is 1. The lowest BCUT2D eigenvalue weighted by Gasteiger charge is -2.53. The van der Waals surface area contributed by atoms with Gasteiger partial charge in [0.1, 0.15) is 5.60 Å². The van der Waals surface area contributed by atoms with Crippen molar-refractivity contribution in [3.05, 3.63) is 29.6 Å². The number of nitrogens with zero attached hydrogens (tertiary/aromatic N) is 2. The van der Waals surface area contributed by atoms with Crippen LogP contribution in [0.25, 0.3) is 0 Å². The van der Waals surface area contributed by atoms with Crippen molar-refractivity contribution >= 4 is 5.91 Å². The third-order valence-corrected chi connectivity index (χ3v) is 5.56. The molecule has 3 aliphatic rings. The Morgan fingerprint density at radius 2 is 2.25 bits per heavy atom. The van der Waals surface area contributed by atoms with Crippen LogP contribution in [-0.2, 0) is 20.9 Å². The molecule has 24 heavy (non-hydrogen) atoms. The summed E-state index contributed by atoms with van der Waals surface area (Å²) in [7, 11) is 0. The maximum Gasteiger partial charge on any atom is 0.226 e. The van der Waals surface area contributed by atoms with Crippen LogP contribution in [0.15, 0.2) is 18.2 Å². The Morgan fingerprint density at radius 3 is 2.96 bits per heavy atom. The van der Waals surface area contributed by atoms with Crippen molar-refractivity contribution < 1.29 is 14.3 Å². The van der Waals surface area contributed by atoms with Gasteiger partial charge in [0.2, 0.25) is 5.91 Å². The predicted molar refractivity (Wildman–Crippen MR) is 89.3 cm³/mol. The lowest BCUT2D eigenvalue weighted by Crippen LogP contribution is -2.67. The smallest absolute Gasteiger partial charge is 0.226 e. The summed E-state index contributed by atoms with van der Waals surface area (Å²) < 4.78 is 12.1. The molecule has 1 amide bonds. The summed E-state index contributed by atoms with van der Waals surface area (Å²) in [5.74, 6) is 1.16. The van der Waals surface area contributed by atoms with E-state index in [2.05, 4.69) is 11.9 Å². The maximum absolute atomic E-state index is 12.3. The molecule has 4 rings (SSSR count). The highest BCUT2D eigenvalue weighted by Crippen LogP contribution is 2.43. The summed E-state index contributed by atoms with van der Waals surface area (Å²) in [5.41, 5.74) is 1.82. The minimum Gasteiger partial charge on any atom is -0.372 e. The van der Waals surface area contributed by atoms with Crippen LogP contribution in [0.1, 0.15) is 37.6 Å². The van der Waals surface area contributed by atoms with Gasteiger partial charge >= 0.3 is 0 Å². The average Bonchev–Trinajstić information content (AvgIpc) is 3.27. The Bertz CT molecular complexity index is 627. The molecule has 2 aliphatic heterocycles. The van der Waals surface area contributed by atoms with Crippen LogP contribution in [0.4, 0.5) is 0 Å². The van der Waals surface area contributed by atoms with Gasteiger partial charge in [0, 0.05) is 24.6 Å². The van der Waals surface area contributed by atoms with Gasteiger partial charge < -0.3 is 14.4 Å². The third kappa shape index (κ3) is 3.20. The van der Waals surface area contributed by atoms with Crippen LogP contribution in [0.3, 0.4) is 0 Å². The molecule has 0 N–H and O–H groups in total. The van der Waals surface area contributed by atoms with Gasteiger partial charge in [-0.15, -0.1) is 0 Å². The van der Waals surface area contributed by atoms with Gasteiger partial charge in [-0.2, -0.15) is 0 Å². The molecule has 1 aromatic heterocycles. The summed E-state index contributed by atoms with van der Waals surface area (Å²) in [6, 6.07) is 6.01. The van der Waals surface area contributed by atoms with Gasteiger partial charge in [-0.05, 0) is 37.8 Å². The van der Waals surface area contributed by atoms with E-state index in [1.54, 1.807) is 0 Å². The first-order valence-corrected chi connectivity index (χ1v) is 9.02. The Hall–Kier alpha value is -1.46. The van der Waals surface area contributed by atoms with Crippen molar-refractivity contribution in [2.24, 2.45) is 11.8 Å². The second-order valence-electron chi connectivity index (χ2n) is 7.74. The molecule has 0 bridgehead atoms. The highest BCUT2D eigenvalue weighted by atomic mass is 16.5. The molecule has 1 aliphatic carbocycles. The van der Waals surface area contributed by atoms with Crippen molar-refractivity contribution in [2.75, 3.05) is 19.7 Å². The molecular weight excluding hydrogens is 304 g/mol. The van der Waals surface area contributed by atoms with Gasteiger partial charge in [-0.3, -0.25) is 9.78 Å². The quantitative estimate of drug-likeness (QED) is 0.850. The van der Waals surface area contributed by atoms with Crippen molar-refractivity contribution in [1.82, 2.24) is 9.88 Å². The van der Waals surface area contributed by atoms with Crippen LogP contribution in [0, 0.1) is 18.8 Å². The van der Waals surface area contributed by atoms with E-state index in [1.165, 1.54) is 0 Å². The van der Waals surface area contributed by atoms with Crippen LogP contribution >= 0.6 is 0 Å². The molecule has 3 fully saturated rings. The number of likely N-dealkylation sites (tertiary alicyclic amines) is 1. The number of aromatic nitrogens is 1. The molecule has 5 nitrogen and oxygen atoms in total. The van der Waals surface area contributed by atoms with E-state index < -0.39 is 0 Å². The second-order valence-corrected chi connectivity index (χ2v) is 7.74. The third-order valence-electron chi connectivity index (χ3n) is 5.56. The lowest BCUT2D eigenvalue weighted by molar-refractivity contribution is -0.203. The van der Waals surface area contributed by atoms with Crippen molar-refractivity contribution in [3.8, 4) is 0 Å². The Balaban J connectivity index is 1.28. The molecule has 3 atom stereocenters. The zero-order valence-electron chi connectivity index (χ0n) is 14.5. The summed E-state index contributed by atoms with van der Waals surface area (Å²) in [6.45, 7) is 6.87. The van der Waals surface area contributed by atoms with Crippen molar-refractivity contribution in [2.45, 2.75) is 51.4 Å². The van der Waals surface area contributed by atoms with E-state index in [9.17, 15) is 4.79 Å². The summed E-state index contributed by atoms with van der Waals surface area (Å²) >= 11 is 0. The molecule has 0 radical (unpaired) electrons. The van der Waals surface area contributed by atoms with Crippen LogP contribution in [0.2, 0.25) is 0 Å². The van der Waals surface area contributed by atoms with Gasteiger partial charge in [0.25, 0.3) is 0 Å². The minimum absolute atomic E-state index is 0.170. The Morgan fingerprint density at radius 1 is 1.46 bits per heavy atom. The monoisotopic (exact) mass is 330 g/mol. The van der Waals surface area contributed by atoms with Gasteiger partial charge in [0.15, 0.2) is 0 Å². The summed E-state index contributed by atoms with van der Waals surface area (Å²) in [4.78, 5) is 18.7. The highest BCUT2D eigenvalue weighted by molar-refractivity contribution is 5.82. The Kier molecular flexibility index (Phi) is 4.09. The van der Waals surface area contributed by atoms with Crippen molar-refractivity contribution in [3.63, 3.8) is 0 Å². The summed E-state index contributed by atoms with van der Waals surface area (Å²) in [5, 5.41) is 0. The molecule has 3 heterocycles.